The molecule has 0 bridgehead atoms. The van der Waals surface area contributed by atoms with Crippen LogP contribution < -0.4 is 5.32 Å². The van der Waals surface area contributed by atoms with Gasteiger partial charge in [-0.05, 0) is 43.2 Å². The number of aryl methyl sites for hydroxylation is 2. The van der Waals surface area contributed by atoms with Crippen LogP contribution in [0, 0.1) is 19.8 Å². The molecule has 0 saturated heterocycles. The molecule has 1 heterocycles. The van der Waals surface area contributed by atoms with Crippen LogP contribution in [0.4, 0.5) is 5.69 Å². The second-order valence-corrected chi connectivity index (χ2v) is 8.17. The SMILES string of the molecule is Cc1ccc(NC(=O)C(=O)C(C(=O)/C=C/c2ccccc2)C2OC(=O)c3ccccc32)c(C)c1. The number of Topliss-reactive ketones (excluding diaryl/α,β-unsaturated/α-hetero) is 1. The number of ether oxygens (including phenoxy) is 1. The lowest BCUT2D eigenvalue weighted by molar-refractivity contribution is -0.143. The lowest BCUT2D eigenvalue weighted by Crippen LogP contribution is -2.37. The molecule has 170 valence electrons. The molecule has 1 aliphatic rings. The third-order valence-electron chi connectivity index (χ3n) is 5.71. The molecule has 3 aromatic carbocycles. The third kappa shape index (κ3) is 4.71. The summed E-state index contributed by atoms with van der Waals surface area (Å²) < 4.78 is 5.43. The maximum absolute atomic E-state index is 13.3. The first-order valence-electron chi connectivity index (χ1n) is 10.8. The van der Waals surface area contributed by atoms with E-state index in [0.29, 0.717) is 11.3 Å². The lowest BCUT2D eigenvalue weighted by Gasteiger charge is -2.20. The van der Waals surface area contributed by atoms with Gasteiger partial charge in [-0.2, -0.15) is 0 Å². The zero-order valence-electron chi connectivity index (χ0n) is 18.8. The molecule has 0 saturated carbocycles. The Morgan fingerprint density at radius 2 is 1.65 bits per heavy atom. The summed E-state index contributed by atoms with van der Waals surface area (Å²) in [6.45, 7) is 3.73. The molecule has 0 spiro atoms. The standard InChI is InChI=1S/C28H23NO5/c1-17-12-14-22(18(2)16-17)29-27(32)25(31)24(23(30)15-13-19-8-4-3-5-9-19)26-20-10-6-7-11-21(20)28(33)34-26/h3-16,24,26H,1-2H3,(H,29,32)/b15-13+. The summed E-state index contributed by atoms with van der Waals surface area (Å²) in [5, 5.41) is 2.60. The first-order chi connectivity index (χ1) is 16.3. The fourth-order valence-electron chi connectivity index (χ4n) is 3.96. The van der Waals surface area contributed by atoms with Crippen LogP contribution in [0.25, 0.3) is 6.08 Å². The Balaban J connectivity index is 1.66. The van der Waals surface area contributed by atoms with Crippen molar-refractivity contribution in [2.45, 2.75) is 20.0 Å². The van der Waals surface area contributed by atoms with Gasteiger partial charge in [0.25, 0.3) is 5.91 Å². The molecule has 1 amide bonds. The monoisotopic (exact) mass is 453 g/mol. The van der Waals surface area contributed by atoms with Gasteiger partial charge in [-0.15, -0.1) is 0 Å². The van der Waals surface area contributed by atoms with E-state index in [1.165, 1.54) is 6.08 Å². The quantitative estimate of drug-likeness (QED) is 0.244. The predicted molar refractivity (Wildman–Crippen MR) is 128 cm³/mol. The first kappa shape index (κ1) is 22.9. The molecule has 1 aliphatic heterocycles. The molecule has 0 aromatic heterocycles. The lowest BCUT2D eigenvalue weighted by atomic mass is 9.86. The third-order valence-corrected chi connectivity index (χ3v) is 5.71. The minimum Gasteiger partial charge on any atom is -0.453 e. The fraction of sp³-hybridized carbons (Fsp3) is 0.143. The van der Waals surface area contributed by atoms with Gasteiger partial charge in [0.05, 0.1) is 5.56 Å². The molecule has 2 unspecified atom stereocenters. The second kappa shape index (κ2) is 9.67. The van der Waals surface area contributed by atoms with Gasteiger partial charge in [0.1, 0.15) is 12.0 Å². The van der Waals surface area contributed by atoms with Gasteiger partial charge in [0.15, 0.2) is 5.78 Å². The average Bonchev–Trinajstić information content (AvgIpc) is 3.16. The van der Waals surface area contributed by atoms with Crippen molar-refractivity contribution in [3.05, 3.63) is 107 Å². The fourth-order valence-corrected chi connectivity index (χ4v) is 3.96. The molecule has 6 heteroatoms. The molecular formula is C28H23NO5. The highest BCUT2D eigenvalue weighted by atomic mass is 16.5. The number of benzene rings is 3. The number of carbonyl (C=O) groups is 4. The van der Waals surface area contributed by atoms with Crippen molar-refractivity contribution in [1.29, 1.82) is 0 Å². The molecule has 4 rings (SSSR count). The van der Waals surface area contributed by atoms with E-state index < -0.39 is 35.5 Å². The van der Waals surface area contributed by atoms with Crippen LogP contribution in [0.3, 0.4) is 0 Å². The number of carbonyl (C=O) groups excluding carboxylic acids is 4. The summed E-state index contributed by atoms with van der Waals surface area (Å²) in [5.74, 6) is -4.69. The largest absolute Gasteiger partial charge is 0.453 e. The predicted octanol–water partition coefficient (Wildman–Crippen LogP) is 4.62. The highest BCUT2D eigenvalue weighted by Crippen LogP contribution is 2.37. The van der Waals surface area contributed by atoms with Crippen molar-refractivity contribution in [2.24, 2.45) is 5.92 Å². The molecular weight excluding hydrogens is 430 g/mol. The minimum absolute atomic E-state index is 0.278. The second-order valence-electron chi connectivity index (χ2n) is 8.17. The van der Waals surface area contributed by atoms with Crippen LogP contribution in [-0.4, -0.2) is 23.4 Å². The van der Waals surface area contributed by atoms with Crippen molar-refractivity contribution < 1.29 is 23.9 Å². The van der Waals surface area contributed by atoms with Crippen LogP contribution in [0.1, 0.15) is 38.7 Å². The number of hydrogen-bond acceptors (Lipinski definition) is 5. The summed E-state index contributed by atoms with van der Waals surface area (Å²) in [4.78, 5) is 51.9. The number of allylic oxidation sites excluding steroid dienone is 1. The Hall–Kier alpha value is -4.32. The van der Waals surface area contributed by atoms with Gasteiger partial charge in [0, 0.05) is 11.3 Å². The number of fused-ring (bicyclic) bond motifs is 1. The highest BCUT2D eigenvalue weighted by Gasteiger charge is 2.45. The van der Waals surface area contributed by atoms with Crippen LogP contribution >= 0.6 is 0 Å². The molecule has 0 fully saturated rings. The van der Waals surface area contributed by atoms with Crippen LogP contribution in [0.5, 0.6) is 0 Å². The van der Waals surface area contributed by atoms with E-state index in [1.54, 1.807) is 48.5 Å². The number of anilines is 1. The van der Waals surface area contributed by atoms with Gasteiger partial charge in [0.2, 0.25) is 5.78 Å². The Morgan fingerprint density at radius 3 is 2.38 bits per heavy atom. The van der Waals surface area contributed by atoms with E-state index in [2.05, 4.69) is 5.32 Å². The van der Waals surface area contributed by atoms with Gasteiger partial charge >= 0.3 is 5.97 Å². The number of hydrogen-bond donors (Lipinski definition) is 1. The van der Waals surface area contributed by atoms with Crippen LogP contribution in [0.2, 0.25) is 0 Å². The van der Waals surface area contributed by atoms with Crippen molar-refractivity contribution in [2.75, 3.05) is 5.32 Å². The van der Waals surface area contributed by atoms with E-state index in [0.717, 1.165) is 16.7 Å². The number of esters is 1. The Labute approximate surface area is 197 Å². The van der Waals surface area contributed by atoms with Gasteiger partial charge < -0.3 is 10.1 Å². The Bertz CT molecular complexity index is 1310. The molecule has 6 nitrogen and oxygen atoms in total. The smallest absolute Gasteiger partial charge is 0.339 e. The van der Waals surface area contributed by atoms with Gasteiger partial charge in [-0.25, -0.2) is 4.79 Å². The summed E-state index contributed by atoms with van der Waals surface area (Å²) >= 11 is 0. The topological polar surface area (TPSA) is 89.5 Å². The molecule has 1 N–H and O–H groups in total. The van der Waals surface area contributed by atoms with E-state index in [-0.39, 0.29) is 5.56 Å². The van der Waals surface area contributed by atoms with E-state index in [9.17, 15) is 19.2 Å². The van der Waals surface area contributed by atoms with E-state index in [4.69, 9.17) is 4.74 Å². The minimum atomic E-state index is -1.52. The van der Waals surface area contributed by atoms with E-state index in [1.807, 2.05) is 44.2 Å². The van der Waals surface area contributed by atoms with Crippen molar-refractivity contribution in [1.82, 2.24) is 0 Å². The maximum atomic E-state index is 13.3. The summed E-state index contributed by atoms with van der Waals surface area (Å²) in [5.41, 5.74) is 3.71. The maximum Gasteiger partial charge on any atom is 0.339 e. The van der Waals surface area contributed by atoms with E-state index >= 15 is 0 Å². The first-order valence-corrected chi connectivity index (χ1v) is 10.8. The van der Waals surface area contributed by atoms with Crippen molar-refractivity contribution in [3.8, 4) is 0 Å². The van der Waals surface area contributed by atoms with Gasteiger partial charge in [-0.3, -0.25) is 14.4 Å². The average molecular weight is 453 g/mol. The summed E-state index contributed by atoms with van der Waals surface area (Å²) in [7, 11) is 0. The van der Waals surface area contributed by atoms with Gasteiger partial charge in [-0.1, -0.05) is 72.3 Å². The van der Waals surface area contributed by atoms with Crippen molar-refractivity contribution in [3.63, 3.8) is 0 Å². The summed E-state index contributed by atoms with van der Waals surface area (Å²) in [6, 6.07) is 21.0. The molecule has 0 radical (unpaired) electrons. The number of nitrogens with one attached hydrogen (secondary N) is 1. The Morgan fingerprint density at radius 1 is 0.941 bits per heavy atom. The zero-order chi connectivity index (χ0) is 24.2. The number of amides is 1. The molecule has 34 heavy (non-hydrogen) atoms. The van der Waals surface area contributed by atoms with Crippen LogP contribution in [-0.2, 0) is 19.1 Å². The highest BCUT2D eigenvalue weighted by molar-refractivity contribution is 6.45. The van der Waals surface area contributed by atoms with Crippen molar-refractivity contribution >= 4 is 35.2 Å². The molecule has 0 aliphatic carbocycles. The molecule has 2 atom stereocenters. The number of cyclic esters (lactones) is 1. The molecule has 3 aromatic rings. The number of rotatable bonds is 7. The van der Waals surface area contributed by atoms with Crippen LogP contribution in [0.15, 0.2) is 78.9 Å². The zero-order valence-corrected chi connectivity index (χ0v) is 18.8. The summed E-state index contributed by atoms with van der Waals surface area (Å²) in [6.07, 6.45) is 1.62. The Kier molecular flexibility index (Phi) is 6.50. The normalized spacial score (nSPS) is 15.5. The number of ketones is 2.